The molecule has 0 aliphatic rings. The van der Waals surface area contributed by atoms with Crippen molar-refractivity contribution in [1.82, 2.24) is 0 Å². The van der Waals surface area contributed by atoms with E-state index in [9.17, 15) is 9.90 Å². The lowest BCUT2D eigenvalue weighted by Gasteiger charge is -2.20. The number of ether oxygens (including phenoxy) is 2. The standard InChI is InChI=1S/C12H13NO4/c1-3-17-11(14)12(15,8-13)9-6-4-5-7-10(9)16-2/h4-7,15H,3H2,1-2H3/t12-/m0/s1. The molecule has 1 aromatic carbocycles. The quantitative estimate of drug-likeness (QED) is 0.621. The number of esters is 1. The van der Waals surface area contributed by atoms with Gasteiger partial charge in [0.1, 0.15) is 11.8 Å². The Bertz CT molecular complexity index is 452. The van der Waals surface area contributed by atoms with Crippen molar-refractivity contribution in [3.63, 3.8) is 0 Å². The molecule has 0 saturated heterocycles. The molecule has 5 heteroatoms. The third-order valence-corrected chi connectivity index (χ3v) is 2.23. The second-order valence-corrected chi connectivity index (χ2v) is 3.24. The third-order valence-electron chi connectivity index (χ3n) is 2.23. The highest BCUT2D eigenvalue weighted by molar-refractivity contribution is 5.85. The number of carbonyl (C=O) groups is 1. The minimum Gasteiger partial charge on any atom is -0.496 e. The zero-order valence-electron chi connectivity index (χ0n) is 9.64. The molecule has 0 bridgehead atoms. The minimum atomic E-state index is -2.34. The van der Waals surface area contributed by atoms with E-state index in [1.807, 2.05) is 0 Å². The highest BCUT2D eigenvalue weighted by atomic mass is 16.5. The van der Waals surface area contributed by atoms with E-state index in [2.05, 4.69) is 4.74 Å². The monoisotopic (exact) mass is 235 g/mol. The molecule has 0 saturated carbocycles. The average Bonchev–Trinajstić information content (AvgIpc) is 2.38. The Balaban J connectivity index is 3.26. The largest absolute Gasteiger partial charge is 0.496 e. The molecule has 0 aliphatic carbocycles. The molecule has 0 radical (unpaired) electrons. The van der Waals surface area contributed by atoms with Gasteiger partial charge in [-0.2, -0.15) is 5.26 Å². The van der Waals surface area contributed by atoms with Gasteiger partial charge >= 0.3 is 5.97 Å². The van der Waals surface area contributed by atoms with Gasteiger partial charge in [0, 0.05) is 0 Å². The average molecular weight is 235 g/mol. The lowest BCUT2D eigenvalue weighted by Crippen LogP contribution is -2.36. The maximum atomic E-state index is 11.6. The van der Waals surface area contributed by atoms with E-state index in [1.54, 1.807) is 31.2 Å². The first-order valence-corrected chi connectivity index (χ1v) is 5.04. The van der Waals surface area contributed by atoms with Crippen molar-refractivity contribution in [2.24, 2.45) is 0 Å². The Morgan fingerprint density at radius 3 is 2.71 bits per heavy atom. The van der Waals surface area contributed by atoms with Crippen LogP contribution >= 0.6 is 0 Å². The Morgan fingerprint density at radius 1 is 1.53 bits per heavy atom. The third kappa shape index (κ3) is 2.37. The molecule has 0 heterocycles. The van der Waals surface area contributed by atoms with Crippen LogP contribution in [0, 0.1) is 11.3 Å². The fraction of sp³-hybridized carbons (Fsp3) is 0.333. The lowest BCUT2D eigenvalue weighted by atomic mass is 9.94. The summed E-state index contributed by atoms with van der Waals surface area (Å²) >= 11 is 0. The first-order chi connectivity index (χ1) is 8.10. The number of aliphatic hydroxyl groups is 1. The summed E-state index contributed by atoms with van der Waals surface area (Å²) in [5.74, 6) is -0.753. The summed E-state index contributed by atoms with van der Waals surface area (Å²) in [5.41, 5.74) is -2.27. The normalized spacial score (nSPS) is 13.3. The van der Waals surface area contributed by atoms with Gasteiger partial charge in [0.25, 0.3) is 5.60 Å². The Kier molecular flexibility index (Phi) is 4.07. The van der Waals surface area contributed by atoms with Crippen LogP contribution in [-0.4, -0.2) is 24.8 Å². The zero-order valence-corrected chi connectivity index (χ0v) is 9.64. The number of benzene rings is 1. The maximum Gasteiger partial charge on any atom is 0.358 e. The molecular weight excluding hydrogens is 222 g/mol. The molecule has 0 amide bonds. The van der Waals surface area contributed by atoms with Crippen LogP contribution in [0.15, 0.2) is 24.3 Å². The van der Waals surface area contributed by atoms with Crippen LogP contribution in [0.2, 0.25) is 0 Å². The van der Waals surface area contributed by atoms with E-state index < -0.39 is 11.6 Å². The summed E-state index contributed by atoms with van der Waals surface area (Å²) < 4.78 is 9.69. The van der Waals surface area contributed by atoms with Gasteiger partial charge in [-0.3, -0.25) is 0 Å². The second kappa shape index (κ2) is 5.32. The van der Waals surface area contributed by atoms with Crippen LogP contribution in [0.1, 0.15) is 12.5 Å². The predicted molar refractivity (Wildman–Crippen MR) is 59.1 cm³/mol. The molecule has 0 aliphatic heterocycles. The molecular formula is C12H13NO4. The number of rotatable bonds is 4. The molecule has 5 nitrogen and oxygen atoms in total. The smallest absolute Gasteiger partial charge is 0.358 e. The van der Waals surface area contributed by atoms with Gasteiger partial charge in [0.05, 0.1) is 19.3 Å². The van der Waals surface area contributed by atoms with Crippen molar-refractivity contribution < 1.29 is 19.4 Å². The SMILES string of the molecule is CCOC(=O)[C@](O)(C#N)c1ccccc1OC. The van der Waals surface area contributed by atoms with E-state index >= 15 is 0 Å². The number of hydrogen-bond acceptors (Lipinski definition) is 5. The number of hydrogen-bond donors (Lipinski definition) is 1. The summed E-state index contributed by atoms with van der Waals surface area (Å²) in [6.07, 6.45) is 0. The number of methoxy groups -OCH3 is 1. The summed E-state index contributed by atoms with van der Waals surface area (Å²) in [6, 6.07) is 7.82. The minimum absolute atomic E-state index is 0.0726. The molecule has 1 rings (SSSR count). The van der Waals surface area contributed by atoms with Gasteiger partial charge in [-0.15, -0.1) is 0 Å². The van der Waals surface area contributed by atoms with Gasteiger partial charge < -0.3 is 14.6 Å². The van der Waals surface area contributed by atoms with E-state index in [1.165, 1.54) is 13.2 Å². The molecule has 17 heavy (non-hydrogen) atoms. The van der Waals surface area contributed by atoms with E-state index in [4.69, 9.17) is 10.00 Å². The molecule has 0 unspecified atom stereocenters. The van der Waals surface area contributed by atoms with Gasteiger partial charge in [0.2, 0.25) is 0 Å². The molecule has 1 N–H and O–H groups in total. The van der Waals surface area contributed by atoms with Crippen molar-refractivity contribution in [3.05, 3.63) is 29.8 Å². The molecule has 0 aromatic heterocycles. The Hall–Kier alpha value is -2.06. The summed E-state index contributed by atoms with van der Waals surface area (Å²) in [7, 11) is 1.39. The van der Waals surface area contributed by atoms with Crippen molar-refractivity contribution in [3.8, 4) is 11.8 Å². The second-order valence-electron chi connectivity index (χ2n) is 3.24. The van der Waals surface area contributed by atoms with Crippen molar-refractivity contribution in [2.75, 3.05) is 13.7 Å². The van der Waals surface area contributed by atoms with Crippen LogP contribution in [0.3, 0.4) is 0 Å². The summed E-state index contributed by atoms with van der Waals surface area (Å²) in [6.45, 7) is 1.68. The lowest BCUT2D eigenvalue weighted by molar-refractivity contribution is -0.160. The molecule has 0 spiro atoms. The Morgan fingerprint density at radius 2 is 2.18 bits per heavy atom. The summed E-state index contributed by atoms with van der Waals surface area (Å²) in [4.78, 5) is 11.6. The van der Waals surface area contributed by atoms with E-state index in [-0.39, 0.29) is 17.9 Å². The van der Waals surface area contributed by atoms with Crippen molar-refractivity contribution in [1.29, 1.82) is 5.26 Å². The van der Waals surface area contributed by atoms with Gasteiger partial charge in [-0.05, 0) is 13.0 Å². The molecule has 0 fully saturated rings. The zero-order chi connectivity index (χ0) is 12.9. The van der Waals surface area contributed by atoms with Crippen LogP contribution in [0.4, 0.5) is 0 Å². The highest BCUT2D eigenvalue weighted by Gasteiger charge is 2.42. The van der Waals surface area contributed by atoms with Gasteiger partial charge in [-0.25, -0.2) is 4.79 Å². The van der Waals surface area contributed by atoms with Gasteiger partial charge in [-0.1, -0.05) is 18.2 Å². The van der Waals surface area contributed by atoms with Crippen LogP contribution < -0.4 is 4.74 Å². The molecule has 1 atom stereocenters. The number of nitriles is 1. The topological polar surface area (TPSA) is 79.5 Å². The molecule has 90 valence electrons. The number of nitrogens with zero attached hydrogens (tertiary/aromatic N) is 1. The Labute approximate surface area is 99.2 Å². The first kappa shape index (κ1) is 13.0. The van der Waals surface area contributed by atoms with Crippen LogP contribution in [0.5, 0.6) is 5.75 Å². The van der Waals surface area contributed by atoms with Crippen molar-refractivity contribution >= 4 is 5.97 Å². The number of carbonyl (C=O) groups excluding carboxylic acids is 1. The van der Waals surface area contributed by atoms with E-state index in [0.29, 0.717) is 0 Å². The van der Waals surface area contributed by atoms with Gasteiger partial charge in [0.15, 0.2) is 0 Å². The number of para-hydroxylation sites is 1. The van der Waals surface area contributed by atoms with Crippen LogP contribution in [0.25, 0.3) is 0 Å². The predicted octanol–water partition coefficient (Wildman–Crippen LogP) is 0.969. The summed E-state index contributed by atoms with van der Waals surface area (Å²) in [5, 5.41) is 19.1. The first-order valence-electron chi connectivity index (χ1n) is 5.04. The van der Waals surface area contributed by atoms with Crippen molar-refractivity contribution in [2.45, 2.75) is 12.5 Å². The maximum absolute atomic E-state index is 11.6. The molecule has 1 aromatic rings. The highest BCUT2D eigenvalue weighted by Crippen LogP contribution is 2.30. The fourth-order valence-electron chi connectivity index (χ4n) is 1.39. The van der Waals surface area contributed by atoms with E-state index in [0.717, 1.165) is 0 Å². The fourth-order valence-corrected chi connectivity index (χ4v) is 1.39. The van der Waals surface area contributed by atoms with Crippen LogP contribution in [-0.2, 0) is 15.1 Å².